The van der Waals surface area contributed by atoms with Gasteiger partial charge in [-0.15, -0.1) is 0 Å². The van der Waals surface area contributed by atoms with E-state index in [9.17, 15) is 9.59 Å². The lowest BCUT2D eigenvalue weighted by molar-refractivity contribution is -0.138. The van der Waals surface area contributed by atoms with Crippen molar-refractivity contribution in [2.24, 2.45) is 0 Å². The molecule has 0 aliphatic carbocycles. The molecular weight excluding hydrogens is 270 g/mol. The van der Waals surface area contributed by atoms with Crippen LogP contribution in [0.2, 0.25) is 0 Å². The van der Waals surface area contributed by atoms with Crippen LogP contribution in [0.25, 0.3) is 0 Å². The smallest absolute Gasteiger partial charge is 0.410 e. The standard InChI is InChI=1S/C15H27N3O3/c1-15(2,3)21-14(20)18-9-5-4-6-12(18)13(19)17-10-7-16-8-11-17/h12,16H,4-11H2,1-3H3/t12-/m1/s1. The van der Waals surface area contributed by atoms with Crippen LogP contribution in [0, 0.1) is 0 Å². The number of hydrogen-bond acceptors (Lipinski definition) is 4. The highest BCUT2D eigenvalue weighted by Crippen LogP contribution is 2.22. The van der Waals surface area contributed by atoms with Gasteiger partial charge in [-0.2, -0.15) is 0 Å². The van der Waals surface area contributed by atoms with Crippen LogP contribution >= 0.6 is 0 Å². The van der Waals surface area contributed by atoms with Gasteiger partial charge >= 0.3 is 6.09 Å². The first kappa shape index (κ1) is 16.1. The lowest BCUT2D eigenvalue weighted by atomic mass is 10.0. The van der Waals surface area contributed by atoms with E-state index < -0.39 is 5.60 Å². The molecule has 2 rings (SSSR count). The zero-order valence-electron chi connectivity index (χ0n) is 13.4. The van der Waals surface area contributed by atoms with E-state index in [1.807, 2.05) is 25.7 Å². The number of amides is 2. The van der Waals surface area contributed by atoms with E-state index in [-0.39, 0.29) is 18.0 Å². The number of nitrogens with zero attached hydrogens (tertiary/aromatic N) is 2. The van der Waals surface area contributed by atoms with E-state index in [0.29, 0.717) is 6.54 Å². The van der Waals surface area contributed by atoms with Gasteiger partial charge in [0.1, 0.15) is 11.6 Å². The number of piperidine rings is 1. The van der Waals surface area contributed by atoms with Crippen LogP contribution in [0.3, 0.4) is 0 Å². The Bertz CT molecular complexity index is 386. The third-order valence-corrected chi connectivity index (χ3v) is 3.84. The van der Waals surface area contributed by atoms with Crippen LogP contribution in [0.5, 0.6) is 0 Å². The van der Waals surface area contributed by atoms with Gasteiger partial charge in [-0.1, -0.05) is 0 Å². The van der Waals surface area contributed by atoms with Crippen molar-refractivity contribution in [3.05, 3.63) is 0 Å². The van der Waals surface area contributed by atoms with Gasteiger partial charge in [0.25, 0.3) is 0 Å². The highest BCUT2D eigenvalue weighted by Gasteiger charge is 2.37. The molecule has 0 aromatic rings. The van der Waals surface area contributed by atoms with Crippen LogP contribution in [0.15, 0.2) is 0 Å². The molecule has 120 valence electrons. The van der Waals surface area contributed by atoms with Gasteiger partial charge in [0.2, 0.25) is 5.91 Å². The minimum Gasteiger partial charge on any atom is -0.444 e. The molecule has 21 heavy (non-hydrogen) atoms. The SMILES string of the molecule is CC(C)(C)OC(=O)N1CCCC[C@@H]1C(=O)N1CCNCC1. The van der Waals surface area contributed by atoms with Crippen molar-refractivity contribution in [2.45, 2.75) is 51.7 Å². The van der Waals surface area contributed by atoms with E-state index in [1.165, 1.54) is 0 Å². The summed E-state index contributed by atoms with van der Waals surface area (Å²) in [6.07, 6.45) is 2.30. The summed E-state index contributed by atoms with van der Waals surface area (Å²) in [6, 6.07) is -0.355. The van der Waals surface area contributed by atoms with Gasteiger partial charge in [-0.3, -0.25) is 9.69 Å². The molecule has 0 saturated carbocycles. The minimum atomic E-state index is -0.531. The molecule has 2 aliphatic rings. The predicted octanol–water partition coefficient (Wildman–Crippen LogP) is 1.21. The predicted molar refractivity (Wildman–Crippen MR) is 80.0 cm³/mol. The largest absolute Gasteiger partial charge is 0.444 e. The lowest BCUT2D eigenvalue weighted by Crippen LogP contribution is -2.57. The lowest BCUT2D eigenvalue weighted by Gasteiger charge is -2.39. The molecule has 2 saturated heterocycles. The van der Waals surface area contributed by atoms with Crippen molar-refractivity contribution in [2.75, 3.05) is 32.7 Å². The first-order chi connectivity index (χ1) is 9.88. The fourth-order valence-electron chi connectivity index (χ4n) is 2.82. The summed E-state index contributed by atoms with van der Waals surface area (Å²) in [4.78, 5) is 28.5. The van der Waals surface area contributed by atoms with Crippen molar-refractivity contribution in [1.82, 2.24) is 15.1 Å². The Kier molecular flexibility index (Phi) is 5.08. The van der Waals surface area contributed by atoms with Crippen molar-refractivity contribution < 1.29 is 14.3 Å². The third kappa shape index (κ3) is 4.33. The second-order valence-corrected chi connectivity index (χ2v) is 6.76. The second-order valence-electron chi connectivity index (χ2n) is 6.76. The van der Waals surface area contributed by atoms with Crippen molar-refractivity contribution in [1.29, 1.82) is 0 Å². The number of carbonyl (C=O) groups is 2. The van der Waals surface area contributed by atoms with Gasteiger partial charge in [-0.05, 0) is 40.0 Å². The Labute approximate surface area is 126 Å². The molecule has 2 amide bonds. The molecule has 2 heterocycles. The molecule has 0 aromatic carbocycles. The zero-order chi connectivity index (χ0) is 15.5. The monoisotopic (exact) mass is 297 g/mol. The molecule has 6 nitrogen and oxygen atoms in total. The molecule has 0 bridgehead atoms. The van der Waals surface area contributed by atoms with Gasteiger partial charge in [0.05, 0.1) is 0 Å². The molecule has 2 fully saturated rings. The fraction of sp³-hybridized carbons (Fsp3) is 0.867. The first-order valence-electron chi connectivity index (χ1n) is 7.87. The van der Waals surface area contributed by atoms with Crippen LogP contribution in [0.4, 0.5) is 4.79 Å². The van der Waals surface area contributed by atoms with Gasteiger partial charge in [-0.25, -0.2) is 4.79 Å². The third-order valence-electron chi connectivity index (χ3n) is 3.84. The Morgan fingerprint density at radius 3 is 2.38 bits per heavy atom. The number of nitrogens with one attached hydrogen (secondary N) is 1. The van der Waals surface area contributed by atoms with Gasteiger partial charge in [0, 0.05) is 32.7 Å². The Morgan fingerprint density at radius 1 is 1.10 bits per heavy atom. The maximum absolute atomic E-state index is 12.7. The number of rotatable bonds is 1. The molecule has 0 radical (unpaired) electrons. The number of hydrogen-bond donors (Lipinski definition) is 1. The van der Waals surface area contributed by atoms with Crippen LogP contribution < -0.4 is 5.32 Å². The second kappa shape index (κ2) is 6.64. The van der Waals surface area contributed by atoms with Gasteiger partial charge < -0.3 is 15.0 Å². The van der Waals surface area contributed by atoms with Crippen molar-refractivity contribution >= 4 is 12.0 Å². The number of carbonyl (C=O) groups excluding carboxylic acids is 2. The Morgan fingerprint density at radius 2 is 1.76 bits per heavy atom. The molecule has 0 unspecified atom stereocenters. The topological polar surface area (TPSA) is 61.9 Å². The van der Waals surface area contributed by atoms with Crippen LogP contribution in [0.1, 0.15) is 40.0 Å². The summed E-state index contributed by atoms with van der Waals surface area (Å²) in [5.74, 6) is 0.0714. The van der Waals surface area contributed by atoms with E-state index >= 15 is 0 Å². The summed E-state index contributed by atoms with van der Waals surface area (Å²) in [6.45, 7) is 9.24. The molecule has 6 heteroatoms. The molecular formula is C15H27N3O3. The Balaban J connectivity index is 2.04. The maximum atomic E-state index is 12.7. The summed E-state index contributed by atoms with van der Waals surface area (Å²) in [5.41, 5.74) is -0.531. The highest BCUT2D eigenvalue weighted by molar-refractivity contribution is 5.86. The van der Waals surface area contributed by atoms with Gasteiger partial charge in [0.15, 0.2) is 0 Å². The number of ether oxygens (including phenoxy) is 1. The molecule has 1 atom stereocenters. The number of piperazine rings is 1. The van der Waals surface area contributed by atoms with Crippen LogP contribution in [-0.4, -0.2) is 66.2 Å². The van der Waals surface area contributed by atoms with Crippen molar-refractivity contribution in [3.63, 3.8) is 0 Å². The minimum absolute atomic E-state index is 0.0714. The van der Waals surface area contributed by atoms with E-state index in [4.69, 9.17) is 4.74 Å². The fourth-order valence-corrected chi connectivity index (χ4v) is 2.82. The van der Waals surface area contributed by atoms with E-state index in [2.05, 4.69) is 5.32 Å². The summed E-state index contributed by atoms with van der Waals surface area (Å²) in [5, 5.41) is 3.24. The quantitative estimate of drug-likeness (QED) is 0.790. The Hall–Kier alpha value is -1.30. The number of likely N-dealkylation sites (tertiary alicyclic amines) is 1. The molecule has 0 spiro atoms. The van der Waals surface area contributed by atoms with E-state index in [1.54, 1.807) is 4.90 Å². The maximum Gasteiger partial charge on any atom is 0.410 e. The average Bonchev–Trinajstić information content (AvgIpc) is 2.45. The molecule has 1 N–H and O–H groups in total. The summed E-state index contributed by atoms with van der Waals surface area (Å²) < 4.78 is 5.45. The summed E-state index contributed by atoms with van der Waals surface area (Å²) in [7, 11) is 0. The zero-order valence-corrected chi connectivity index (χ0v) is 13.4. The summed E-state index contributed by atoms with van der Waals surface area (Å²) >= 11 is 0. The normalized spacial score (nSPS) is 23.9. The molecule has 0 aromatic heterocycles. The van der Waals surface area contributed by atoms with E-state index in [0.717, 1.165) is 45.4 Å². The van der Waals surface area contributed by atoms with Crippen molar-refractivity contribution in [3.8, 4) is 0 Å². The highest BCUT2D eigenvalue weighted by atomic mass is 16.6. The average molecular weight is 297 g/mol. The molecule has 2 aliphatic heterocycles. The first-order valence-corrected chi connectivity index (χ1v) is 7.87. The van der Waals surface area contributed by atoms with Crippen LogP contribution in [-0.2, 0) is 9.53 Å².